The van der Waals surface area contributed by atoms with E-state index < -0.39 is 12.4 Å². The molecule has 0 saturated carbocycles. The first kappa shape index (κ1) is 17.1. The van der Waals surface area contributed by atoms with E-state index in [-0.39, 0.29) is 23.9 Å². The highest BCUT2D eigenvalue weighted by atomic mass is 35.5. The number of benzene rings is 2. The van der Waals surface area contributed by atoms with Gasteiger partial charge in [-0.05, 0) is 35.4 Å². The predicted octanol–water partition coefficient (Wildman–Crippen LogP) is 3.76. The lowest BCUT2D eigenvalue weighted by Gasteiger charge is -2.14. The molecule has 0 radical (unpaired) electrons. The van der Waals surface area contributed by atoms with Crippen LogP contribution in [0.2, 0.25) is 0 Å². The average molecular weight is 320 g/mol. The maximum absolute atomic E-state index is 12.0. The highest BCUT2D eigenvalue weighted by molar-refractivity contribution is 5.85. The molecular weight excluding hydrogens is 307 g/mol. The third-order valence-corrected chi connectivity index (χ3v) is 2.72. The van der Waals surface area contributed by atoms with Crippen molar-refractivity contribution in [2.24, 2.45) is 5.73 Å². The van der Waals surface area contributed by atoms with Crippen molar-refractivity contribution in [2.45, 2.75) is 12.4 Å². The zero-order valence-electron chi connectivity index (χ0n) is 10.7. The SMILES string of the molecule is Cl.N[C@H](c1ccc(O)cc1)c1ccc(OC(F)(F)F)cc1. The number of rotatable bonds is 3. The zero-order valence-corrected chi connectivity index (χ0v) is 11.5. The summed E-state index contributed by atoms with van der Waals surface area (Å²) in [4.78, 5) is 0. The lowest BCUT2D eigenvalue weighted by Crippen LogP contribution is -2.17. The molecule has 0 aromatic heterocycles. The van der Waals surface area contributed by atoms with Crippen LogP contribution in [0.1, 0.15) is 17.2 Å². The number of aromatic hydroxyl groups is 1. The maximum atomic E-state index is 12.0. The third kappa shape index (κ3) is 4.84. The number of nitrogens with two attached hydrogens (primary N) is 1. The van der Waals surface area contributed by atoms with Crippen molar-refractivity contribution in [3.05, 3.63) is 59.7 Å². The van der Waals surface area contributed by atoms with Crippen LogP contribution in [0.25, 0.3) is 0 Å². The number of alkyl halides is 3. The van der Waals surface area contributed by atoms with Crippen LogP contribution in [0.3, 0.4) is 0 Å². The largest absolute Gasteiger partial charge is 0.573 e. The molecule has 114 valence electrons. The topological polar surface area (TPSA) is 55.5 Å². The summed E-state index contributed by atoms with van der Waals surface area (Å²) in [5.41, 5.74) is 7.39. The fourth-order valence-electron chi connectivity index (χ4n) is 1.75. The number of ether oxygens (including phenoxy) is 1. The van der Waals surface area contributed by atoms with Crippen LogP contribution >= 0.6 is 12.4 Å². The van der Waals surface area contributed by atoms with Crippen LogP contribution in [0.4, 0.5) is 13.2 Å². The third-order valence-electron chi connectivity index (χ3n) is 2.72. The van der Waals surface area contributed by atoms with Gasteiger partial charge in [-0.15, -0.1) is 25.6 Å². The number of phenols is 1. The summed E-state index contributed by atoms with van der Waals surface area (Å²) in [6.45, 7) is 0. The molecular formula is C14H13ClF3NO2. The Morgan fingerprint density at radius 3 is 1.76 bits per heavy atom. The second-order valence-corrected chi connectivity index (χ2v) is 4.19. The number of hydrogen-bond acceptors (Lipinski definition) is 3. The molecule has 0 saturated heterocycles. The molecule has 3 nitrogen and oxygen atoms in total. The van der Waals surface area contributed by atoms with Gasteiger partial charge in [0.15, 0.2) is 0 Å². The van der Waals surface area contributed by atoms with Gasteiger partial charge in [0.2, 0.25) is 0 Å². The van der Waals surface area contributed by atoms with E-state index in [0.717, 1.165) is 5.56 Å². The standard InChI is InChI=1S/C14H12F3NO2.ClH/c15-14(16,17)20-12-7-3-10(4-8-12)13(18)9-1-5-11(19)6-2-9;/h1-8,13,19H,18H2;1H/t13-;/m1./s1. The lowest BCUT2D eigenvalue weighted by molar-refractivity contribution is -0.274. The Morgan fingerprint density at radius 2 is 1.33 bits per heavy atom. The van der Waals surface area contributed by atoms with E-state index in [2.05, 4.69) is 4.74 Å². The molecule has 2 rings (SSSR count). The van der Waals surface area contributed by atoms with E-state index in [4.69, 9.17) is 5.73 Å². The summed E-state index contributed by atoms with van der Waals surface area (Å²) in [6, 6.07) is 11.2. The summed E-state index contributed by atoms with van der Waals surface area (Å²) >= 11 is 0. The Kier molecular flexibility index (Phi) is 5.46. The molecule has 2 aromatic carbocycles. The summed E-state index contributed by atoms with van der Waals surface area (Å²) < 4.78 is 39.9. The molecule has 1 atom stereocenters. The first-order chi connectivity index (χ1) is 9.35. The molecule has 0 unspecified atom stereocenters. The molecule has 7 heteroatoms. The molecule has 0 aliphatic heterocycles. The number of halogens is 4. The van der Waals surface area contributed by atoms with Gasteiger partial charge in [-0.25, -0.2) is 0 Å². The number of hydrogen-bond donors (Lipinski definition) is 2. The molecule has 0 aliphatic carbocycles. The van der Waals surface area contributed by atoms with E-state index in [1.165, 1.54) is 36.4 Å². The highest BCUT2D eigenvalue weighted by Gasteiger charge is 2.31. The van der Waals surface area contributed by atoms with E-state index in [0.29, 0.717) is 5.56 Å². The smallest absolute Gasteiger partial charge is 0.508 e. The average Bonchev–Trinajstić information content (AvgIpc) is 2.38. The molecule has 21 heavy (non-hydrogen) atoms. The Hall–Kier alpha value is -1.92. The first-order valence-electron chi connectivity index (χ1n) is 5.75. The summed E-state index contributed by atoms with van der Waals surface area (Å²) in [6.07, 6.45) is -4.71. The molecule has 0 amide bonds. The molecule has 3 N–H and O–H groups in total. The van der Waals surface area contributed by atoms with Crippen LogP contribution in [0.5, 0.6) is 11.5 Å². The van der Waals surface area contributed by atoms with Gasteiger partial charge in [-0.2, -0.15) is 0 Å². The van der Waals surface area contributed by atoms with E-state index in [9.17, 15) is 18.3 Å². The minimum absolute atomic E-state index is 0. The monoisotopic (exact) mass is 319 g/mol. The summed E-state index contributed by atoms with van der Waals surface area (Å²) in [5, 5.41) is 9.19. The van der Waals surface area contributed by atoms with E-state index in [1.807, 2.05) is 0 Å². The Balaban J connectivity index is 0.00000220. The fourth-order valence-corrected chi connectivity index (χ4v) is 1.75. The highest BCUT2D eigenvalue weighted by Crippen LogP contribution is 2.26. The van der Waals surface area contributed by atoms with Gasteiger partial charge in [0.1, 0.15) is 11.5 Å². The van der Waals surface area contributed by atoms with Crippen LogP contribution in [0, 0.1) is 0 Å². The van der Waals surface area contributed by atoms with Crippen LogP contribution in [-0.2, 0) is 0 Å². The van der Waals surface area contributed by atoms with Crippen molar-refractivity contribution in [1.82, 2.24) is 0 Å². The summed E-state index contributed by atoms with van der Waals surface area (Å²) in [7, 11) is 0. The van der Waals surface area contributed by atoms with Gasteiger partial charge in [0.05, 0.1) is 6.04 Å². The number of phenolic OH excluding ortho intramolecular Hbond substituents is 1. The van der Waals surface area contributed by atoms with Crippen molar-refractivity contribution in [3.8, 4) is 11.5 Å². The van der Waals surface area contributed by atoms with Gasteiger partial charge < -0.3 is 15.6 Å². The molecule has 0 heterocycles. The fraction of sp³-hybridized carbons (Fsp3) is 0.143. The lowest BCUT2D eigenvalue weighted by atomic mass is 9.99. The zero-order chi connectivity index (χ0) is 14.8. The van der Waals surface area contributed by atoms with E-state index in [1.54, 1.807) is 12.1 Å². The normalized spacial score (nSPS) is 12.4. The maximum Gasteiger partial charge on any atom is 0.573 e. The van der Waals surface area contributed by atoms with Gasteiger partial charge >= 0.3 is 6.36 Å². The minimum atomic E-state index is -4.71. The molecule has 0 spiro atoms. The Bertz CT molecular complexity index is 570. The van der Waals surface area contributed by atoms with Gasteiger partial charge in [0.25, 0.3) is 0 Å². The van der Waals surface area contributed by atoms with Gasteiger partial charge in [-0.3, -0.25) is 0 Å². The Morgan fingerprint density at radius 1 is 0.905 bits per heavy atom. The molecule has 0 bridgehead atoms. The van der Waals surface area contributed by atoms with Crippen molar-refractivity contribution < 1.29 is 23.0 Å². The van der Waals surface area contributed by atoms with Crippen molar-refractivity contribution in [2.75, 3.05) is 0 Å². The minimum Gasteiger partial charge on any atom is -0.508 e. The van der Waals surface area contributed by atoms with Crippen LogP contribution in [0.15, 0.2) is 48.5 Å². The van der Waals surface area contributed by atoms with Gasteiger partial charge in [0, 0.05) is 0 Å². The first-order valence-corrected chi connectivity index (χ1v) is 5.75. The van der Waals surface area contributed by atoms with Crippen LogP contribution < -0.4 is 10.5 Å². The molecule has 0 aliphatic rings. The van der Waals surface area contributed by atoms with Crippen molar-refractivity contribution in [3.63, 3.8) is 0 Å². The summed E-state index contributed by atoms with van der Waals surface area (Å²) in [5.74, 6) is -0.172. The second-order valence-electron chi connectivity index (χ2n) is 4.19. The van der Waals surface area contributed by atoms with Crippen molar-refractivity contribution in [1.29, 1.82) is 0 Å². The molecule has 0 fully saturated rings. The van der Waals surface area contributed by atoms with Crippen LogP contribution in [-0.4, -0.2) is 11.5 Å². The molecule has 2 aromatic rings. The van der Waals surface area contributed by atoms with E-state index >= 15 is 0 Å². The quantitative estimate of drug-likeness (QED) is 0.905. The van der Waals surface area contributed by atoms with Gasteiger partial charge in [-0.1, -0.05) is 24.3 Å². The second kappa shape index (κ2) is 6.69. The Labute approximate surface area is 125 Å². The van der Waals surface area contributed by atoms with Crippen molar-refractivity contribution >= 4 is 12.4 Å². The predicted molar refractivity (Wildman–Crippen MR) is 74.5 cm³/mol.